The van der Waals surface area contributed by atoms with Gasteiger partial charge in [0.25, 0.3) is 5.91 Å². The van der Waals surface area contributed by atoms with E-state index in [-0.39, 0.29) is 18.1 Å². The lowest BCUT2D eigenvalue weighted by Crippen LogP contribution is -2.43. The fourth-order valence-electron chi connectivity index (χ4n) is 4.10. The smallest absolute Gasteiger partial charge is 0.407 e. The van der Waals surface area contributed by atoms with Gasteiger partial charge in [0.05, 0.1) is 13.2 Å². The summed E-state index contributed by atoms with van der Waals surface area (Å²) in [4.78, 5) is 24.7. The molecule has 1 saturated heterocycles. The van der Waals surface area contributed by atoms with Crippen molar-refractivity contribution in [2.75, 3.05) is 33.4 Å². The molecule has 2 aliphatic rings. The number of fused-ring (bicyclic) bond motifs is 1. The molecule has 2 aromatic rings. The summed E-state index contributed by atoms with van der Waals surface area (Å²) in [5.41, 5.74) is 3.61. The number of benzene rings is 2. The highest BCUT2D eigenvalue weighted by molar-refractivity contribution is 5.94. The van der Waals surface area contributed by atoms with Crippen LogP contribution in [0.25, 0.3) is 11.1 Å². The zero-order chi connectivity index (χ0) is 22.5. The van der Waals surface area contributed by atoms with E-state index < -0.39 is 6.09 Å². The summed E-state index contributed by atoms with van der Waals surface area (Å²) in [5.74, 6) is 0.863. The van der Waals surface area contributed by atoms with E-state index >= 15 is 0 Å². The number of carboxylic acid groups (broad SMARTS) is 1. The fraction of sp³-hybridized carbons (Fsp3) is 0.417. The van der Waals surface area contributed by atoms with Gasteiger partial charge >= 0.3 is 6.09 Å². The molecule has 1 atom stereocenters. The van der Waals surface area contributed by atoms with Crippen molar-refractivity contribution in [3.63, 3.8) is 0 Å². The maximum Gasteiger partial charge on any atom is 0.407 e. The van der Waals surface area contributed by atoms with Crippen LogP contribution in [-0.4, -0.2) is 61.6 Å². The number of piperidine rings is 1. The number of hydrogen-bond acceptors (Lipinski definition) is 5. The second-order valence-corrected chi connectivity index (χ2v) is 8.05. The van der Waals surface area contributed by atoms with Gasteiger partial charge < -0.3 is 29.5 Å². The van der Waals surface area contributed by atoms with Gasteiger partial charge in [-0.15, -0.1) is 0 Å². The predicted octanol–water partition coefficient (Wildman–Crippen LogP) is 3.35. The summed E-state index contributed by atoms with van der Waals surface area (Å²) >= 11 is 0. The van der Waals surface area contributed by atoms with Gasteiger partial charge in [0, 0.05) is 43.8 Å². The number of nitrogens with zero attached hydrogens (tertiary/aromatic N) is 1. The summed E-state index contributed by atoms with van der Waals surface area (Å²) < 4.78 is 17.0. The molecule has 8 nitrogen and oxygen atoms in total. The Balaban J connectivity index is 1.38. The number of methoxy groups -OCH3 is 1. The minimum atomic E-state index is -0.869. The van der Waals surface area contributed by atoms with Gasteiger partial charge in [0.2, 0.25) is 6.29 Å². The van der Waals surface area contributed by atoms with Gasteiger partial charge in [-0.25, -0.2) is 4.79 Å². The van der Waals surface area contributed by atoms with Crippen LogP contribution in [0.5, 0.6) is 5.75 Å². The molecule has 0 saturated carbocycles. The average molecular weight is 440 g/mol. The molecule has 0 aliphatic carbocycles. The molecule has 2 aliphatic heterocycles. The normalized spacial score (nSPS) is 18.5. The third-order valence-electron chi connectivity index (χ3n) is 5.97. The number of rotatable bonds is 6. The largest absolute Gasteiger partial charge is 0.465 e. The molecule has 0 aromatic heterocycles. The van der Waals surface area contributed by atoms with Crippen molar-refractivity contribution in [1.82, 2.24) is 10.2 Å². The van der Waals surface area contributed by atoms with Crippen LogP contribution in [0.4, 0.5) is 4.79 Å². The molecule has 2 amide bonds. The minimum Gasteiger partial charge on any atom is -0.465 e. The Labute approximate surface area is 187 Å². The van der Waals surface area contributed by atoms with Gasteiger partial charge in [-0.05, 0) is 48.2 Å². The Morgan fingerprint density at radius 2 is 1.84 bits per heavy atom. The molecule has 32 heavy (non-hydrogen) atoms. The van der Waals surface area contributed by atoms with Crippen molar-refractivity contribution in [2.45, 2.75) is 25.7 Å². The molecule has 8 heteroatoms. The van der Waals surface area contributed by atoms with Gasteiger partial charge in [0.15, 0.2) is 0 Å². The van der Waals surface area contributed by atoms with Gasteiger partial charge in [-0.3, -0.25) is 4.79 Å². The van der Waals surface area contributed by atoms with E-state index in [1.807, 2.05) is 42.5 Å². The minimum absolute atomic E-state index is 0.124. The van der Waals surface area contributed by atoms with E-state index in [9.17, 15) is 9.59 Å². The van der Waals surface area contributed by atoms with Crippen molar-refractivity contribution < 1.29 is 28.9 Å². The van der Waals surface area contributed by atoms with E-state index in [1.54, 1.807) is 7.11 Å². The Morgan fingerprint density at radius 3 is 2.53 bits per heavy atom. The Kier molecular flexibility index (Phi) is 6.92. The van der Waals surface area contributed by atoms with Crippen LogP contribution in [0.2, 0.25) is 0 Å². The molecular weight excluding hydrogens is 412 g/mol. The molecule has 0 bridgehead atoms. The van der Waals surface area contributed by atoms with E-state index in [0.29, 0.717) is 38.4 Å². The van der Waals surface area contributed by atoms with Crippen molar-refractivity contribution in [2.24, 2.45) is 5.92 Å². The van der Waals surface area contributed by atoms with E-state index in [1.165, 1.54) is 4.90 Å². The maximum absolute atomic E-state index is 12.1. The number of carbonyl (C=O) groups excluding carboxylic acids is 1. The Hall–Kier alpha value is -3.10. The topological polar surface area (TPSA) is 97.3 Å². The molecular formula is C24H28N2O6. The molecule has 0 spiro atoms. The third-order valence-corrected chi connectivity index (χ3v) is 5.97. The third kappa shape index (κ3) is 5.03. The first-order valence-electron chi connectivity index (χ1n) is 10.8. The highest BCUT2D eigenvalue weighted by Gasteiger charge is 2.33. The Bertz CT molecular complexity index is 953. The Morgan fingerprint density at radius 1 is 1.12 bits per heavy atom. The standard InChI is InChI=1S/C24H28N2O6/c1-30-13-10-25-22(27)17-4-2-16(3-5-17)19-6-7-21-20(14-19)15-31-23(32-21)18-8-11-26(12-9-18)24(28)29/h2-7,14,18,23H,8-13,15H2,1H3,(H,25,27)(H,28,29). The summed E-state index contributed by atoms with van der Waals surface area (Å²) in [7, 11) is 1.60. The van der Waals surface area contributed by atoms with E-state index in [4.69, 9.17) is 19.3 Å². The van der Waals surface area contributed by atoms with Crippen LogP contribution in [-0.2, 0) is 16.1 Å². The highest BCUT2D eigenvalue weighted by atomic mass is 16.7. The van der Waals surface area contributed by atoms with Crippen LogP contribution in [0.1, 0.15) is 28.8 Å². The lowest BCUT2D eigenvalue weighted by Gasteiger charge is -2.36. The molecule has 4 rings (SSSR count). The van der Waals surface area contributed by atoms with Crippen LogP contribution in [0.15, 0.2) is 42.5 Å². The zero-order valence-corrected chi connectivity index (χ0v) is 18.1. The first kappa shape index (κ1) is 22.1. The van der Waals surface area contributed by atoms with Crippen LogP contribution in [0, 0.1) is 5.92 Å². The first-order chi connectivity index (χ1) is 15.5. The van der Waals surface area contributed by atoms with E-state index in [0.717, 1.165) is 35.3 Å². The van der Waals surface area contributed by atoms with Crippen LogP contribution < -0.4 is 10.1 Å². The van der Waals surface area contributed by atoms with Gasteiger partial charge in [-0.2, -0.15) is 0 Å². The number of carbonyl (C=O) groups is 2. The average Bonchev–Trinajstić information content (AvgIpc) is 2.83. The molecule has 2 N–H and O–H groups in total. The number of hydrogen-bond donors (Lipinski definition) is 2. The quantitative estimate of drug-likeness (QED) is 0.669. The summed E-state index contributed by atoms with van der Waals surface area (Å²) in [6, 6.07) is 13.5. The fourth-order valence-corrected chi connectivity index (χ4v) is 4.10. The van der Waals surface area contributed by atoms with Crippen LogP contribution >= 0.6 is 0 Å². The molecule has 0 radical (unpaired) electrons. The second kappa shape index (κ2) is 10.0. The molecule has 1 fully saturated rings. The summed E-state index contributed by atoms with van der Waals surface area (Å²) in [6.07, 6.45) is 0.248. The molecule has 170 valence electrons. The van der Waals surface area contributed by atoms with E-state index in [2.05, 4.69) is 5.32 Å². The van der Waals surface area contributed by atoms with Crippen LogP contribution in [0.3, 0.4) is 0 Å². The van der Waals surface area contributed by atoms with Crippen molar-refractivity contribution in [1.29, 1.82) is 0 Å². The van der Waals surface area contributed by atoms with Crippen molar-refractivity contribution >= 4 is 12.0 Å². The molecule has 2 aromatic carbocycles. The molecule has 1 unspecified atom stereocenters. The summed E-state index contributed by atoms with van der Waals surface area (Å²) in [5, 5.41) is 11.9. The first-order valence-corrected chi connectivity index (χ1v) is 10.8. The van der Waals surface area contributed by atoms with Crippen molar-refractivity contribution in [3.8, 4) is 16.9 Å². The van der Waals surface area contributed by atoms with Gasteiger partial charge in [0.1, 0.15) is 5.75 Å². The highest BCUT2D eigenvalue weighted by Crippen LogP contribution is 2.35. The second-order valence-electron chi connectivity index (χ2n) is 8.05. The number of amides is 2. The zero-order valence-electron chi connectivity index (χ0n) is 18.1. The lowest BCUT2D eigenvalue weighted by atomic mass is 9.95. The van der Waals surface area contributed by atoms with Crippen molar-refractivity contribution in [3.05, 3.63) is 53.6 Å². The summed E-state index contributed by atoms with van der Waals surface area (Å²) in [6.45, 7) is 2.42. The molecule has 2 heterocycles. The SMILES string of the molecule is COCCNC(=O)c1ccc(-c2ccc3c(c2)COC(C2CCN(C(=O)O)CC2)O3)cc1. The number of nitrogens with one attached hydrogen (secondary N) is 1. The van der Waals surface area contributed by atoms with Gasteiger partial charge in [-0.1, -0.05) is 18.2 Å². The predicted molar refractivity (Wildman–Crippen MR) is 118 cm³/mol. The number of likely N-dealkylation sites (tertiary alicyclic amines) is 1. The monoisotopic (exact) mass is 440 g/mol. The number of ether oxygens (including phenoxy) is 3. The maximum atomic E-state index is 12.1. The lowest BCUT2D eigenvalue weighted by molar-refractivity contribution is -0.148.